The highest BCUT2D eigenvalue weighted by Gasteiger charge is 2.21. The fraction of sp³-hybridized carbons (Fsp3) is 0.364. The maximum Gasteiger partial charge on any atom is 0.404 e. The van der Waals surface area contributed by atoms with Gasteiger partial charge in [0.15, 0.2) is 0 Å². The second-order valence-corrected chi connectivity index (χ2v) is 4.60. The molecule has 2 atom stereocenters. The summed E-state index contributed by atoms with van der Waals surface area (Å²) in [5.74, 6) is 0. The average molecular weight is 335 g/mol. The summed E-state index contributed by atoms with van der Waals surface area (Å²) >= 11 is 2.22. The lowest BCUT2D eigenvalue weighted by Crippen LogP contribution is -2.27. The molecular formula is C11H14INO3. The number of nitrogens with two attached hydrogens (primary N) is 1. The maximum atomic E-state index is 10.7. The molecule has 1 rings (SSSR count). The van der Waals surface area contributed by atoms with Crippen LogP contribution in [0.1, 0.15) is 18.6 Å². The normalized spacial score (nSPS) is 14.2. The molecular weight excluding hydrogens is 321 g/mol. The van der Waals surface area contributed by atoms with Crippen LogP contribution >= 0.6 is 22.6 Å². The Hall–Kier alpha value is -0.820. The lowest BCUT2D eigenvalue weighted by atomic mass is 10.1. The smallest absolute Gasteiger partial charge is 0.404 e. The van der Waals surface area contributed by atoms with Gasteiger partial charge in [-0.15, -0.1) is 0 Å². The van der Waals surface area contributed by atoms with Gasteiger partial charge in [-0.2, -0.15) is 0 Å². The standard InChI is InChI=1S/C11H14INO3/c1-7(16-11(13)14)10(15-2)8-4-3-5-9(12)6-8/h3-7,10H,1-2H3,(H2,13,14)/t7-,10+/m0/s1. The van der Waals surface area contributed by atoms with E-state index in [-0.39, 0.29) is 6.10 Å². The van der Waals surface area contributed by atoms with E-state index in [0.29, 0.717) is 0 Å². The molecule has 0 aliphatic heterocycles. The summed E-state index contributed by atoms with van der Waals surface area (Å²) in [6.07, 6.45) is -1.51. The Bertz CT molecular complexity index is 370. The monoisotopic (exact) mass is 335 g/mol. The number of hydrogen-bond acceptors (Lipinski definition) is 3. The van der Waals surface area contributed by atoms with Crippen molar-refractivity contribution in [2.24, 2.45) is 5.73 Å². The van der Waals surface area contributed by atoms with Gasteiger partial charge < -0.3 is 15.2 Å². The molecule has 0 saturated carbocycles. The molecule has 0 bridgehead atoms. The van der Waals surface area contributed by atoms with Gasteiger partial charge in [-0.3, -0.25) is 0 Å². The first-order chi connectivity index (χ1) is 7.54. The van der Waals surface area contributed by atoms with E-state index in [2.05, 4.69) is 22.6 Å². The molecule has 2 N–H and O–H groups in total. The van der Waals surface area contributed by atoms with E-state index < -0.39 is 12.2 Å². The second-order valence-electron chi connectivity index (χ2n) is 3.35. The van der Waals surface area contributed by atoms with Gasteiger partial charge in [0, 0.05) is 10.7 Å². The van der Waals surface area contributed by atoms with Gasteiger partial charge >= 0.3 is 6.09 Å². The van der Waals surface area contributed by atoms with Crippen molar-refractivity contribution in [1.29, 1.82) is 0 Å². The maximum absolute atomic E-state index is 10.7. The quantitative estimate of drug-likeness (QED) is 0.860. The molecule has 0 aliphatic rings. The lowest BCUT2D eigenvalue weighted by Gasteiger charge is -2.22. The minimum absolute atomic E-state index is 0.304. The zero-order chi connectivity index (χ0) is 12.1. The van der Waals surface area contributed by atoms with Crippen LogP contribution in [0.5, 0.6) is 0 Å². The number of benzene rings is 1. The first-order valence-electron chi connectivity index (χ1n) is 4.79. The molecule has 1 aromatic rings. The summed E-state index contributed by atoms with van der Waals surface area (Å²) in [4.78, 5) is 10.7. The Morgan fingerprint density at radius 1 is 1.50 bits per heavy atom. The molecule has 0 saturated heterocycles. The molecule has 0 aliphatic carbocycles. The molecule has 5 heteroatoms. The van der Waals surface area contributed by atoms with Crippen LogP contribution in [0.4, 0.5) is 4.79 Å². The van der Waals surface area contributed by atoms with Crippen molar-refractivity contribution in [3.05, 3.63) is 33.4 Å². The Kier molecular flexibility index (Phi) is 5.01. The zero-order valence-electron chi connectivity index (χ0n) is 9.14. The third kappa shape index (κ3) is 3.64. The van der Waals surface area contributed by atoms with Crippen LogP contribution in [0.3, 0.4) is 0 Å². The van der Waals surface area contributed by atoms with Gasteiger partial charge in [0.25, 0.3) is 0 Å². The number of carbonyl (C=O) groups is 1. The summed E-state index contributed by atoms with van der Waals surface area (Å²) in [5, 5.41) is 0. The Labute approximate surface area is 108 Å². The van der Waals surface area contributed by atoms with E-state index in [1.54, 1.807) is 14.0 Å². The largest absolute Gasteiger partial charge is 0.444 e. The Balaban J connectivity index is 2.85. The lowest BCUT2D eigenvalue weighted by molar-refractivity contribution is -0.0121. The number of rotatable bonds is 4. The summed E-state index contributed by atoms with van der Waals surface area (Å²) in [7, 11) is 1.57. The van der Waals surface area contributed by atoms with E-state index in [4.69, 9.17) is 15.2 Å². The number of amides is 1. The summed E-state index contributed by atoms with van der Waals surface area (Å²) in [5.41, 5.74) is 5.94. The number of primary amides is 1. The summed E-state index contributed by atoms with van der Waals surface area (Å²) in [6.45, 7) is 1.75. The Morgan fingerprint density at radius 3 is 2.69 bits per heavy atom. The van der Waals surface area contributed by atoms with E-state index in [1.807, 2.05) is 24.3 Å². The highest BCUT2D eigenvalue weighted by atomic mass is 127. The number of carbonyl (C=O) groups excluding carboxylic acids is 1. The molecule has 16 heavy (non-hydrogen) atoms. The van der Waals surface area contributed by atoms with Crippen molar-refractivity contribution in [1.82, 2.24) is 0 Å². The number of methoxy groups -OCH3 is 1. The average Bonchev–Trinajstić information content (AvgIpc) is 2.17. The number of halogens is 1. The fourth-order valence-corrected chi connectivity index (χ4v) is 2.09. The van der Waals surface area contributed by atoms with E-state index in [0.717, 1.165) is 9.13 Å². The first-order valence-corrected chi connectivity index (χ1v) is 5.87. The summed E-state index contributed by atoms with van der Waals surface area (Å²) < 4.78 is 11.3. The van der Waals surface area contributed by atoms with Crippen molar-refractivity contribution < 1.29 is 14.3 Å². The van der Waals surface area contributed by atoms with Gasteiger partial charge in [-0.25, -0.2) is 4.79 Å². The van der Waals surface area contributed by atoms with Crippen molar-refractivity contribution in [2.75, 3.05) is 7.11 Å². The van der Waals surface area contributed by atoms with Crippen LogP contribution in [0.25, 0.3) is 0 Å². The fourth-order valence-electron chi connectivity index (χ4n) is 1.53. The molecule has 0 radical (unpaired) electrons. The topological polar surface area (TPSA) is 61.6 Å². The van der Waals surface area contributed by atoms with E-state index in [9.17, 15) is 4.79 Å². The van der Waals surface area contributed by atoms with Crippen LogP contribution in [-0.4, -0.2) is 19.3 Å². The zero-order valence-corrected chi connectivity index (χ0v) is 11.3. The molecule has 0 aromatic heterocycles. The van der Waals surface area contributed by atoms with Crippen molar-refractivity contribution >= 4 is 28.7 Å². The third-order valence-corrected chi connectivity index (χ3v) is 2.83. The minimum atomic E-state index is -0.792. The molecule has 0 unspecified atom stereocenters. The molecule has 0 spiro atoms. The van der Waals surface area contributed by atoms with Crippen molar-refractivity contribution in [2.45, 2.75) is 19.1 Å². The van der Waals surface area contributed by atoms with Gasteiger partial charge in [-0.1, -0.05) is 12.1 Å². The molecule has 88 valence electrons. The van der Waals surface area contributed by atoms with Crippen LogP contribution in [0.15, 0.2) is 24.3 Å². The highest BCUT2D eigenvalue weighted by Crippen LogP contribution is 2.24. The Morgan fingerprint density at radius 2 is 2.19 bits per heavy atom. The summed E-state index contributed by atoms with van der Waals surface area (Å²) in [6, 6.07) is 7.82. The number of ether oxygens (including phenoxy) is 2. The van der Waals surface area contributed by atoms with Gasteiger partial charge in [0.05, 0.1) is 0 Å². The van der Waals surface area contributed by atoms with Gasteiger partial charge in [0.1, 0.15) is 12.2 Å². The highest BCUT2D eigenvalue weighted by molar-refractivity contribution is 14.1. The minimum Gasteiger partial charge on any atom is -0.444 e. The molecule has 0 heterocycles. The predicted molar refractivity (Wildman–Crippen MR) is 69.0 cm³/mol. The van der Waals surface area contributed by atoms with Crippen molar-refractivity contribution in [3.63, 3.8) is 0 Å². The molecule has 4 nitrogen and oxygen atoms in total. The SMILES string of the molecule is CO[C@@H](c1cccc(I)c1)[C@H](C)OC(N)=O. The first kappa shape index (κ1) is 13.2. The van der Waals surface area contributed by atoms with Gasteiger partial charge in [0.2, 0.25) is 0 Å². The van der Waals surface area contributed by atoms with Crippen molar-refractivity contribution in [3.8, 4) is 0 Å². The molecule has 0 fully saturated rings. The van der Waals surface area contributed by atoms with Crippen LogP contribution in [0.2, 0.25) is 0 Å². The van der Waals surface area contributed by atoms with E-state index >= 15 is 0 Å². The number of hydrogen-bond donors (Lipinski definition) is 1. The predicted octanol–water partition coefficient (Wildman–Crippen LogP) is 2.46. The van der Waals surface area contributed by atoms with Gasteiger partial charge in [-0.05, 0) is 47.2 Å². The van der Waals surface area contributed by atoms with Crippen LogP contribution in [-0.2, 0) is 9.47 Å². The second kappa shape index (κ2) is 6.05. The third-order valence-electron chi connectivity index (χ3n) is 2.16. The van der Waals surface area contributed by atoms with Crippen LogP contribution in [0, 0.1) is 3.57 Å². The van der Waals surface area contributed by atoms with Crippen LogP contribution < -0.4 is 5.73 Å². The molecule has 1 amide bonds. The molecule has 1 aromatic carbocycles. The van der Waals surface area contributed by atoms with E-state index in [1.165, 1.54) is 0 Å².